The third kappa shape index (κ3) is 4.09. The Balaban J connectivity index is 1.30. The Morgan fingerprint density at radius 3 is 2.58 bits per heavy atom. The standard InChI is InChI=1S/C29H28FN7O/c1-19-15-24(20(2)36(19)16-21-9-11-22(30)12-10-21)29(38)35-14-13-26-25(17-35)27(33-34(26)3)28-32-31-18-37(28)23-7-5-4-6-8-23/h4-12,15,18H,13-14,16-17H2,1-3H3. The van der Waals surface area contributed by atoms with Crippen LogP contribution in [0.3, 0.4) is 0 Å². The maximum Gasteiger partial charge on any atom is 0.255 e. The van der Waals surface area contributed by atoms with Crippen LogP contribution in [-0.2, 0) is 26.6 Å². The number of carbonyl (C=O) groups is 1. The number of fused-ring (bicyclic) bond motifs is 1. The summed E-state index contributed by atoms with van der Waals surface area (Å²) in [6, 6.07) is 18.3. The van der Waals surface area contributed by atoms with Crippen LogP contribution in [0.25, 0.3) is 17.2 Å². The molecule has 0 fully saturated rings. The van der Waals surface area contributed by atoms with Gasteiger partial charge in [0.2, 0.25) is 0 Å². The molecule has 8 nitrogen and oxygen atoms in total. The quantitative estimate of drug-likeness (QED) is 0.350. The number of benzene rings is 2. The summed E-state index contributed by atoms with van der Waals surface area (Å²) in [6.45, 7) is 5.60. The smallest absolute Gasteiger partial charge is 0.255 e. The number of hydrogen-bond acceptors (Lipinski definition) is 4. The van der Waals surface area contributed by atoms with E-state index in [1.54, 1.807) is 18.5 Å². The summed E-state index contributed by atoms with van der Waals surface area (Å²) in [4.78, 5) is 15.7. The highest BCUT2D eigenvalue weighted by atomic mass is 19.1. The number of halogens is 1. The van der Waals surface area contributed by atoms with Gasteiger partial charge in [0.15, 0.2) is 5.82 Å². The van der Waals surface area contributed by atoms with Crippen LogP contribution in [0.5, 0.6) is 0 Å². The van der Waals surface area contributed by atoms with E-state index in [-0.39, 0.29) is 11.7 Å². The molecule has 0 aliphatic carbocycles. The van der Waals surface area contributed by atoms with E-state index in [9.17, 15) is 9.18 Å². The lowest BCUT2D eigenvalue weighted by molar-refractivity contribution is 0.0733. The average molecular weight is 510 g/mol. The van der Waals surface area contributed by atoms with E-state index in [1.807, 2.05) is 71.4 Å². The highest BCUT2D eigenvalue weighted by Gasteiger charge is 2.31. The molecular formula is C29H28FN7O. The molecule has 0 N–H and O–H groups in total. The van der Waals surface area contributed by atoms with Gasteiger partial charge in [-0.25, -0.2) is 4.39 Å². The first-order valence-electron chi connectivity index (χ1n) is 12.6. The third-order valence-corrected chi connectivity index (χ3v) is 7.38. The van der Waals surface area contributed by atoms with E-state index < -0.39 is 0 Å². The molecule has 38 heavy (non-hydrogen) atoms. The van der Waals surface area contributed by atoms with Crippen molar-refractivity contribution in [1.29, 1.82) is 0 Å². The van der Waals surface area contributed by atoms with Crippen LogP contribution in [0.4, 0.5) is 4.39 Å². The number of aryl methyl sites for hydroxylation is 2. The van der Waals surface area contributed by atoms with E-state index in [2.05, 4.69) is 14.8 Å². The van der Waals surface area contributed by atoms with Crippen LogP contribution in [0.1, 0.15) is 38.6 Å². The van der Waals surface area contributed by atoms with E-state index >= 15 is 0 Å². The van der Waals surface area contributed by atoms with Crippen molar-refractivity contribution in [2.45, 2.75) is 33.4 Å². The van der Waals surface area contributed by atoms with Gasteiger partial charge in [-0.05, 0) is 49.7 Å². The largest absolute Gasteiger partial charge is 0.344 e. The molecule has 3 aromatic heterocycles. The van der Waals surface area contributed by atoms with Gasteiger partial charge in [-0.3, -0.25) is 14.0 Å². The first-order chi connectivity index (χ1) is 18.4. The normalized spacial score (nSPS) is 13.1. The second kappa shape index (κ2) is 9.41. The van der Waals surface area contributed by atoms with Crippen molar-refractivity contribution in [3.05, 3.63) is 107 Å². The molecule has 0 unspecified atom stereocenters. The van der Waals surface area contributed by atoms with Gasteiger partial charge in [0.25, 0.3) is 5.91 Å². The Hall–Kier alpha value is -4.53. The molecule has 192 valence electrons. The molecule has 0 spiro atoms. The fraction of sp³-hybridized carbons (Fsp3) is 0.241. The molecule has 1 amide bonds. The van der Waals surface area contributed by atoms with Gasteiger partial charge < -0.3 is 9.47 Å². The molecule has 0 bridgehead atoms. The second-order valence-electron chi connectivity index (χ2n) is 9.73. The van der Waals surface area contributed by atoms with Gasteiger partial charge in [0.05, 0.1) is 12.1 Å². The molecular weight excluding hydrogens is 481 g/mol. The van der Waals surface area contributed by atoms with Crippen LogP contribution in [-0.4, -0.2) is 46.5 Å². The van der Waals surface area contributed by atoms with Crippen LogP contribution in [0, 0.1) is 19.7 Å². The zero-order valence-electron chi connectivity index (χ0n) is 21.6. The molecule has 0 radical (unpaired) electrons. The lowest BCUT2D eigenvalue weighted by Crippen LogP contribution is -2.36. The van der Waals surface area contributed by atoms with Gasteiger partial charge in [0.1, 0.15) is 17.8 Å². The Labute approximate surface area is 220 Å². The molecule has 0 atom stereocenters. The topological polar surface area (TPSA) is 73.8 Å². The SMILES string of the molecule is Cc1cc(C(=O)N2CCc3c(c(-c4nncn4-c4ccccc4)nn3C)C2)c(C)n1Cc1ccc(F)cc1. The maximum atomic E-state index is 13.8. The molecule has 0 saturated carbocycles. The highest BCUT2D eigenvalue weighted by Crippen LogP contribution is 2.31. The summed E-state index contributed by atoms with van der Waals surface area (Å²) < 4.78 is 19.3. The molecule has 5 aromatic rings. The summed E-state index contributed by atoms with van der Waals surface area (Å²) in [5.41, 5.74) is 7.35. The minimum absolute atomic E-state index is 0.00608. The summed E-state index contributed by atoms with van der Waals surface area (Å²) in [7, 11) is 1.94. The van der Waals surface area contributed by atoms with Crippen molar-refractivity contribution < 1.29 is 9.18 Å². The zero-order chi connectivity index (χ0) is 26.4. The van der Waals surface area contributed by atoms with Crippen LogP contribution < -0.4 is 0 Å². The van der Waals surface area contributed by atoms with Crippen LogP contribution >= 0.6 is 0 Å². The fourth-order valence-electron chi connectivity index (χ4n) is 5.32. The average Bonchev–Trinajstić information content (AvgIpc) is 3.62. The van der Waals surface area contributed by atoms with Gasteiger partial charge in [-0.15, -0.1) is 10.2 Å². The van der Waals surface area contributed by atoms with Crippen molar-refractivity contribution in [3.63, 3.8) is 0 Å². The monoisotopic (exact) mass is 509 g/mol. The van der Waals surface area contributed by atoms with E-state index in [1.165, 1.54) is 12.1 Å². The number of nitrogens with zero attached hydrogens (tertiary/aromatic N) is 7. The van der Waals surface area contributed by atoms with Gasteiger partial charge in [-0.2, -0.15) is 5.10 Å². The molecule has 4 heterocycles. The molecule has 1 aliphatic heterocycles. The number of hydrogen-bond donors (Lipinski definition) is 0. The Morgan fingerprint density at radius 1 is 1.05 bits per heavy atom. The van der Waals surface area contributed by atoms with Crippen molar-refractivity contribution in [2.75, 3.05) is 6.54 Å². The molecule has 2 aromatic carbocycles. The van der Waals surface area contributed by atoms with Gasteiger partial charge in [-0.1, -0.05) is 30.3 Å². The second-order valence-corrected chi connectivity index (χ2v) is 9.73. The van der Waals surface area contributed by atoms with Crippen molar-refractivity contribution in [2.24, 2.45) is 7.05 Å². The Morgan fingerprint density at radius 2 is 1.82 bits per heavy atom. The number of para-hydroxylation sites is 1. The van der Waals surface area contributed by atoms with Gasteiger partial charge in [0, 0.05) is 54.9 Å². The van der Waals surface area contributed by atoms with Gasteiger partial charge >= 0.3 is 0 Å². The first-order valence-corrected chi connectivity index (χ1v) is 12.6. The van der Waals surface area contributed by atoms with Crippen molar-refractivity contribution >= 4 is 5.91 Å². The van der Waals surface area contributed by atoms with E-state index in [0.717, 1.165) is 39.6 Å². The lowest BCUT2D eigenvalue weighted by Gasteiger charge is -2.28. The van der Waals surface area contributed by atoms with E-state index in [4.69, 9.17) is 5.10 Å². The third-order valence-electron chi connectivity index (χ3n) is 7.38. The molecule has 9 heteroatoms. The van der Waals surface area contributed by atoms with Crippen molar-refractivity contribution in [3.8, 4) is 17.2 Å². The number of carbonyl (C=O) groups excluding carboxylic acids is 1. The maximum absolute atomic E-state index is 13.8. The van der Waals surface area contributed by atoms with Crippen LogP contribution in [0.2, 0.25) is 0 Å². The van der Waals surface area contributed by atoms with Crippen LogP contribution in [0.15, 0.2) is 67.0 Å². The predicted octanol–water partition coefficient (Wildman–Crippen LogP) is 4.47. The Kier molecular flexibility index (Phi) is 5.90. The molecule has 1 aliphatic rings. The zero-order valence-corrected chi connectivity index (χ0v) is 21.6. The molecule has 6 rings (SSSR count). The first kappa shape index (κ1) is 23.8. The summed E-state index contributed by atoms with van der Waals surface area (Å²) >= 11 is 0. The van der Waals surface area contributed by atoms with E-state index in [0.29, 0.717) is 37.4 Å². The molecule has 0 saturated heterocycles. The summed E-state index contributed by atoms with van der Waals surface area (Å²) in [6.07, 6.45) is 2.39. The number of aromatic nitrogens is 6. The minimum atomic E-state index is -0.258. The summed E-state index contributed by atoms with van der Waals surface area (Å²) in [5, 5.41) is 13.4. The lowest BCUT2D eigenvalue weighted by atomic mass is 10.0. The predicted molar refractivity (Wildman–Crippen MR) is 141 cm³/mol. The number of amides is 1. The summed E-state index contributed by atoms with van der Waals surface area (Å²) in [5.74, 6) is 0.389. The van der Waals surface area contributed by atoms with Crippen molar-refractivity contribution in [1.82, 2.24) is 34.0 Å². The Bertz CT molecular complexity index is 1630. The number of rotatable bonds is 5. The minimum Gasteiger partial charge on any atom is -0.344 e. The highest BCUT2D eigenvalue weighted by molar-refractivity contribution is 5.96. The fourth-order valence-corrected chi connectivity index (χ4v) is 5.32.